The van der Waals surface area contributed by atoms with E-state index in [-0.39, 0.29) is 0 Å². The van der Waals surface area contributed by atoms with Gasteiger partial charge in [0, 0.05) is 51.2 Å². The Bertz CT molecular complexity index is 559. The number of hydrogen-bond donors (Lipinski definition) is 1. The summed E-state index contributed by atoms with van der Waals surface area (Å²) in [6.45, 7) is 0. The van der Waals surface area contributed by atoms with Gasteiger partial charge in [-0.3, -0.25) is 0 Å². The predicted molar refractivity (Wildman–Crippen MR) is 82.2 cm³/mol. The minimum absolute atomic E-state index is 0.309. The lowest BCUT2D eigenvalue weighted by Gasteiger charge is -2.15. The fraction of sp³-hybridized carbons (Fsp3) is 0.250. The minimum Gasteiger partial charge on any atom is -0.507 e. The zero-order valence-electron chi connectivity index (χ0n) is 11.9. The van der Waals surface area contributed by atoms with Crippen LogP contribution < -0.4 is 9.80 Å². The van der Waals surface area contributed by atoms with E-state index in [9.17, 15) is 5.11 Å². The van der Waals surface area contributed by atoms with Crippen molar-refractivity contribution in [3.05, 3.63) is 42.5 Å². The van der Waals surface area contributed by atoms with Gasteiger partial charge in [-0.15, -0.1) is 0 Å². The number of anilines is 2. The highest BCUT2D eigenvalue weighted by Crippen LogP contribution is 2.33. The number of hydrogen-bond acceptors (Lipinski definition) is 3. The molecule has 0 fully saturated rings. The summed E-state index contributed by atoms with van der Waals surface area (Å²) in [5.74, 6) is 0.309. The van der Waals surface area contributed by atoms with Crippen LogP contribution in [-0.2, 0) is 0 Å². The molecule has 3 heteroatoms. The van der Waals surface area contributed by atoms with Crippen LogP contribution in [0.3, 0.4) is 0 Å². The largest absolute Gasteiger partial charge is 0.507 e. The second-order valence-corrected chi connectivity index (χ2v) is 5.04. The molecule has 0 amide bonds. The van der Waals surface area contributed by atoms with Crippen molar-refractivity contribution in [1.82, 2.24) is 0 Å². The van der Waals surface area contributed by atoms with Gasteiger partial charge in [0.05, 0.1) is 0 Å². The molecule has 0 aliphatic rings. The third kappa shape index (κ3) is 2.81. The summed E-state index contributed by atoms with van der Waals surface area (Å²) in [6.07, 6.45) is 0. The van der Waals surface area contributed by atoms with Gasteiger partial charge in [0.2, 0.25) is 0 Å². The molecule has 1 N–H and O–H groups in total. The summed E-state index contributed by atoms with van der Waals surface area (Å²) < 4.78 is 0. The van der Waals surface area contributed by atoms with E-state index < -0.39 is 0 Å². The molecule has 2 rings (SSSR count). The van der Waals surface area contributed by atoms with Gasteiger partial charge in [0.25, 0.3) is 0 Å². The number of phenols is 1. The molecule has 0 radical (unpaired) electrons. The topological polar surface area (TPSA) is 26.7 Å². The summed E-state index contributed by atoms with van der Waals surface area (Å²) in [7, 11) is 7.94. The molecule has 0 saturated carbocycles. The molecule has 0 heterocycles. The Labute approximate surface area is 114 Å². The molecular weight excluding hydrogens is 236 g/mol. The third-order valence-electron chi connectivity index (χ3n) is 3.19. The summed E-state index contributed by atoms with van der Waals surface area (Å²) in [4.78, 5) is 4.03. The van der Waals surface area contributed by atoms with Crippen molar-refractivity contribution in [1.29, 1.82) is 0 Å². The smallest absolute Gasteiger partial charge is 0.125 e. The third-order valence-corrected chi connectivity index (χ3v) is 3.19. The number of phenolic OH excluding ortho intramolecular Hbond substituents is 1. The second-order valence-electron chi connectivity index (χ2n) is 5.04. The van der Waals surface area contributed by atoms with E-state index in [1.807, 2.05) is 57.4 Å². The Hall–Kier alpha value is -2.16. The van der Waals surface area contributed by atoms with E-state index in [2.05, 4.69) is 17.0 Å². The molecule has 2 aromatic carbocycles. The zero-order valence-corrected chi connectivity index (χ0v) is 11.9. The first-order valence-electron chi connectivity index (χ1n) is 6.27. The van der Waals surface area contributed by atoms with E-state index in [1.54, 1.807) is 6.07 Å². The first-order chi connectivity index (χ1) is 8.99. The van der Waals surface area contributed by atoms with Gasteiger partial charge in [-0.05, 0) is 29.8 Å². The highest BCUT2D eigenvalue weighted by molar-refractivity contribution is 5.74. The fourth-order valence-electron chi connectivity index (χ4n) is 1.98. The van der Waals surface area contributed by atoms with Crippen LogP contribution in [0.15, 0.2) is 42.5 Å². The van der Waals surface area contributed by atoms with Gasteiger partial charge in [0.1, 0.15) is 5.75 Å². The molecule has 19 heavy (non-hydrogen) atoms. The number of benzene rings is 2. The zero-order chi connectivity index (χ0) is 14.0. The van der Waals surface area contributed by atoms with Crippen LogP contribution in [0.2, 0.25) is 0 Å². The van der Waals surface area contributed by atoms with Crippen LogP contribution in [-0.4, -0.2) is 33.3 Å². The highest BCUT2D eigenvalue weighted by Gasteiger charge is 2.06. The van der Waals surface area contributed by atoms with Crippen LogP contribution in [0, 0.1) is 0 Å². The van der Waals surface area contributed by atoms with E-state index in [4.69, 9.17) is 0 Å². The Balaban J connectivity index is 2.36. The molecule has 0 spiro atoms. The molecule has 0 saturated heterocycles. The van der Waals surface area contributed by atoms with Crippen molar-refractivity contribution in [2.45, 2.75) is 0 Å². The monoisotopic (exact) mass is 256 g/mol. The van der Waals surface area contributed by atoms with Crippen molar-refractivity contribution in [3.63, 3.8) is 0 Å². The maximum Gasteiger partial charge on any atom is 0.125 e. The summed E-state index contributed by atoms with van der Waals surface area (Å²) in [5, 5.41) is 10.1. The number of aromatic hydroxyl groups is 1. The first-order valence-corrected chi connectivity index (χ1v) is 6.27. The van der Waals surface area contributed by atoms with Crippen LogP contribution in [0.1, 0.15) is 0 Å². The first kappa shape index (κ1) is 13.3. The van der Waals surface area contributed by atoms with Crippen molar-refractivity contribution in [2.75, 3.05) is 38.0 Å². The summed E-state index contributed by atoms with van der Waals surface area (Å²) >= 11 is 0. The maximum absolute atomic E-state index is 10.1. The van der Waals surface area contributed by atoms with Gasteiger partial charge in [-0.2, -0.15) is 0 Å². The van der Waals surface area contributed by atoms with Crippen LogP contribution in [0.25, 0.3) is 11.1 Å². The second kappa shape index (κ2) is 5.22. The number of nitrogens with zero attached hydrogens (tertiary/aromatic N) is 2. The van der Waals surface area contributed by atoms with Crippen molar-refractivity contribution < 1.29 is 5.11 Å². The molecule has 100 valence electrons. The quantitative estimate of drug-likeness (QED) is 0.913. The van der Waals surface area contributed by atoms with Gasteiger partial charge in [-0.25, -0.2) is 0 Å². The van der Waals surface area contributed by atoms with E-state index >= 15 is 0 Å². The normalized spacial score (nSPS) is 10.3. The lowest BCUT2D eigenvalue weighted by molar-refractivity contribution is 0.477. The van der Waals surface area contributed by atoms with Crippen molar-refractivity contribution in [3.8, 4) is 16.9 Å². The van der Waals surface area contributed by atoms with Gasteiger partial charge < -0.3 is 14.9 Å². The Morgan fingerprint density at radius 2 is 1.26 bits per heavy atom. The lowest BCUT2D eigenvalue weighted by Crippen LogP contribution is -2.08. The molecule has 0 aliphatic carbocycles. The Morgan fingerprint density at radius 3 is 1.74 bits per heavy atom. The predicted octanol–water partition coefficient (Wildman–Crippen LogP) is 3.19. The van der Waals surface area contributed by atoms with E-state index in [0.29, 0.717) is 5.75 Å². The molecule has 0 bridgehead atoms. The molecule has 2 aromatic rings. The maximum atomic E-state index is 10.1. The standard InChI is InChI=1S/C16H20N2O/c1-17(2)13-7-5-12(6-8-13)15-10-9-14(18(3)4)11-16(15)19/h5-11,19H,1-4H3. The average molecular weight is 256 g/mol. The van der Waals surface area contributed by atoms with Gasteiger partial charge in [-0.1, -0.05) is 12.1 Å². The van der Waals surface area contributed by atoms with E-state index in [1.165, 1.54) is 0 Å². The molecule has 0 unspecified atom stereocenters. The summed E-state index contributed by atoms with van der Waals surface area (Å²) in [5.41, 5.74) is 4.02. The Kier molecular flexibility index (Phi) is 3.65. The Morgan fingerprint density at radius 1 is 0.737 bits per heavy atom. The van der Waals surface area contributed by atoms with Crippen LogP contribution in [0.4, 0.5) is 11.4 Å². The van der Waals surface area contributed by atoms with Crippen molar-refractivity contribution in [2.24, 2.45) is 0 Å². The van der Waals surface area contributed by atoms with Gasteiger partial charge in [0.15, 0.2) is 0 Å². The average Bonchev–Trinajstić information content (AvgIpc) is 2.38. The van der Waals surface area contributed by atoms with Crippen molar-refractivity contribution >= 4 is 11.4 Å². The lowest BCUT2D eigenvalue weighted by atomic mass is 10.0. The van der Waals surface area contributed by atoms with Crippen LogP contribution in [0.5, 0.6) is 5.75 Å². The molecule has 0 aliphatic heterocycles. The summed E-state index contributed by atoms with van der Waals surface area (Å²) in [6, 6.07) is 13.9. The number of rotatable bonds is 3. The highest BCUT2D eigenvalue weighted by atomic mass is 16.3. The van der Waals surface area contributed by atoms with Crippen LogP contribution >= 0.6 is 0 Å². The fourth-order valence-corrected chi connectivity index (χ4v) is 1.98. The molecule has 0 atom stereocenters. The SMILES string of the molecule is CN(C)c1ccc(-c2ccc(N(C)C)cc2O)cc1. The van der Waals surface area contributed by atoms with Gasteiger partial charge >= 0.3 is 0 Å². The molecular formula is C16H20N2O. The van der Waals surface area contributed by atoms with E-state index in [0.717, 1.165) is 22.5 Å². The molecule has 0 aromatic heterocycles. The molecule has 3 nitrogen and oxygen atoms in total. The minimum atomic E-state index is 0.309.